The number of para-hydroxylation sites is 1. The van der Waals surface area contributed by atoms with E-state index in [2.05, 4.69) is 20.7 Å². The van der Waals surface area contributed by atoms with E-state index >= 15 is 0 Å². The van der Waals surface area contributed by atoms with Crippen molar-refractivity contribution in [3.8, 4) is 16.9 Å². The average molecular weight is 526 g/mol. The normalized spacial score (nSPS) is 15.0. The van der Waals surface area contributed by atoms with E-state index in [4.69, 9.17) is 27.9 Å². The molecule has 6 nitrogen and oxygen atoms in total. The molecule has 1 fully saturated rings. The fraction of sp³-hybridized carbons (Fsp3) is 0.259. The van der Waals surface area contributed by atoms with Crippen molar-refractivity contribution in [3.63, 3.8) is 0 Å². The Morgan fingerprint density at radius 1 is 1.08 bits per heavy atom. The molecule has 3 heterocycles. The molecule has 9 heteroatoms. The van der Waals surface area contributed by atoms with Gasteiger partial charge in [-0.2, -0.15) is 5.10 Å². The minimum absolute atomic E-state index is 0.0556. The summed E-state index contributed by atoms with van der Waals surface area (Å²) < 4.78 is 22.5. The van der Waals surface area contributed by atoms with Crippen molar-refractivity contribution in [1.82, 2.24) is 20.1 Å². The van der Waals surface area contributed by atoms with Crippen molar-refractivity contribution in [3.05, 3.63) is 88.5 Å². The van der Waals surface area contributed by atoms with Crippen LogP contribution in [0.5, 0.6) is 5.75 Å². The summed E-state index contributed by atoms with van der Waals surface area (Å²) in [5, 5.41) is 11.6. The molecule has 0 unspecified atom stereocenters. The quantitative estimate of drug-likeness (QED) is 0.250. The van der Waals surface area contributed by atoms with Crippen LogP contribution in [0, 0.1) is 5.82 Å². The highest BCUT2D eigenvalue weighted by molar-refractivity contribution is 6.36. The van der Waals surface area contributed by atoms with Gasteiger partial charge in [-0.3, -0.25) is 4.68 Å². The predicted molar refractivity (Wildman–Crippen MR) is 142 cm³/mol. The molecule has 0 radical (unpaired) electrons. The number of pyridine rings is 1. The Morgan fingerprint density at radius 3 is 2.64 bits per heavy atom. The molecule has 1 saturated heterocycles. The highest BCUT2D eigenvalue weighted by Crippen LogP contribution is 2.38. The van der Waals surface area contributed by atoms with Gasteiger partial charge in [-0.25, -0.2) is 9.37 Å². The van der Waals surface area contributed by atoms with E-state index in [9.17, 15) is 4.39 Å². The van der Waals surface area contributed by atoms with Crippen LogP contribution in [-0.2, 0) is 0 Å². The lowest BCUT2D eigenvalue weighted by Crippen LogP contribution is -2.29. The highest BCUT2D eigenvalue weighted by atomic mass is 35.5. The Bertz CT molecular complexity index is 1340. The van der Waals surface area contributed by atoms with E-state index in [1.807, 2.05) is 53.5 Å². The van der Waals surface area contributed by atoms with Gasteiger partial charge in [0, 0.05) is 39.8 Å². The monoisotopic (exact) mass is 525 g/mol. The second-order valence-corrected chi connectivity index (χ2v) is 9.55. The first-order valence-corrected chi connectivity index (χ1v) is 12.6. The van der Waals surface area contributed by atoms with Crippen LogP contribution in [0.15, 0.2) is 67.1 Å². The summed E-state index contributed by atoms with van der Waals surface area (Å²) in [5.74, 6) is 0.451. The number of piperidine rings is 1. The van der Waals surface area contributed by atoms with Crippen LogP contribution in [0.1, 0.15) is 37.5 Å². The molecule has 2 aromatic carbocycles. The second-order valence-electron chi connectivity index (χ2n) is 8.77. The summed E-state index contributed by atoms with van der Waals surface area (Å²) in [6.07, 6.45) is 7.13. The predicted octanol–water partition coefficient (Wildman–Crippen LogP) is 7.20. The molecular weight excluding hydrogens is 500 g/mol. The number of aromatic nitrogens is 3. The molecule has 0 aliphatic carbocycles. The standard InChI is InChI=1S/C27H26Cl2FN5O/c1-17(25-22(28)7-8-23(30)26(25)29)36-24-13-18(14-32-27(24)34-20-5-3-2-4-6-20)19-15-33-35(16-19)21-9-11-31-12-10-21/h2-8,13-17,21,31H,9-12H2,1H3,(H,32,34)/t17-/m1/s1. The summed E-state index contributed by atoms with van der Waals surface area (Å²) in [4.78, 5) is 4.66. The lowest BCUT2D eigenvalue weighted by molar-refractivity contribution is 0.227. The molecule has 0 spiro atoms. The Kier molecular flexibility index (Phi) is 7.41. The first-order chi connectivity index (χ1) is 17.5. The van der Waals surface area contributed by atoms with Crippen molar-refractivity contribution in [2.75, 3.05) is 18.4 Å². The van der Waals surface area contributed by atoms with Crippen LogP contribution in [-0.4, -0.2) is 27.9 Å². The number of halogens is 3. The zero-order valence-electron chi connectivity index (χ0n) is 19.7. The third-order valence-electron chi connectivity index (χ3n) is 6.30. The fourth-order valence-electron chi connectivity index (χ4n) is 4.37. The molecule has 2 aromatic heterocycles. The van der Waals surface area contributed by atoms with E-state index in [-0.39, 0.29) is 5.02 Å². The second kappa shape index (κ2) is 10.9. The topological polar surface area (TPSA) is 64.0 Å². The van der Waals surface area contributed by atoms with Gasteiger partial charge in [-0.05, 0) is 63.2 Å². The van der Waals surface area contributed by atoms with Crippen molar-refractivity contribution in [2.45, 2.75) is 31.9 Å². The summed E-state index contributed by atoms with van der Waals surface area (Å²) >= 11 is 12.6. The third kappa shape index (κ3) is 5.33. The van der Waals surface area contributed by atoms with Gasteiger partial charge in [0.2, 0.25) is 0 Å². The van der Waals surface area contributed by atoms with Gasteiger partial charge in [0.05, 0.1) is 17.3 Å². The Morgan fingerprint density at radius 2 is 1.86 bits per heavy atom. The number of anilines is 2. The summed E-state index contributed by atoms with van der Waals surface area (Å²) in [7, 11) is 0. The van der Waals surface area contributed by atoms with Crippen molar-refractivity contribution in [2.24, 2.45) is 0 Å². The van der Waals surface area contributed by atoms with Gasteiger partial charge < -0.3 is 15.4 Å². The molecule has 2 N–H and O–H groups in total. The van der Waals surface area contributed by atoms with E-state index in [0.717, 1.165) is 42.7 Å². The summed E-state index contributed by atoms with van der Waals surface area (Å²) in [5.41, 5.74) is 3.03. The summed E-state index contributed by atoms with van der Waals surface area (Å²) in [6, 6.07) is 14.7. The zero-order chi connectivity index (χ0) is 25.1. The van der Waals surface area contributed by atoms with Crippen molar-refractivity contribution >= 4 is 34.7 Å². The third-order valence-corrected chi connectivity index (χ3v) is 7.01. The number of rotatable bonds is 7. The molecule has 4 aromatic rings. The van der Waals surface area contributed by atoms with Gasteiger partial charge in [0.15, 0.2) is 11.6 Å². The van der Waals surface area contributed by atoms with E-state index in [1.165, 1.54) is 12.1 Å². The summed E-state index contributed by atoms with van der Waals surface area (Å²) in [6.45, 7) is 3.76. The molecular formula is C27H26Cl2FN5O. The number of hydrogen-bond acceptors (Lipinski definition) is 5. The van der Waals surface area contributed by atoms with E-state index in [1.54, 1.807) is 13.1 Å². The van der Waals surface area contributed by atoms with Crippen LogP contribution < -0.4 is 15.4 Å². The van der Waals surface area contributed by atoms with Crippen LogP contribution in [0.4, 0.5) is 15.9 Å². The SMILES string of the molecule is C[C@@H](Oc1cc(-c2cnn(C3CCNCC3)c2)cnc1Nc1ccccc1)c1c(Cl)ccc(F)c1Cl. The minimum atomic E-state index is -0.633. The Labute approximate surface area is 219 Å². The van der Waals surface area contributed by atoms with Crippen LogP contribution in [0.2, 0.25) is 10.0 Å². The zero-order valence-corrected chi connectivity index (χ0v) is 21.2. The number of ether oxygens (including phenoxy) is 1. The first-order valence-electron chi connectivity index (χ1n) is 11.9. The van der Waals surface area contributed by atoms with Crippen molar-refractivity contribution < 1.29 is 9.13 Å². The smallest absolute Gasteiger partial charge is 0.173 e. The van der Waals surface area contributed by atoms with Crippen molar-refractivity contribution in [1.29, 1.82) is 0 Å². The maximum atomic E-state index is 14.2. The first kappa shape index (κ1) is 24.6. The number of benzene rings is 2. The molecule has 0 amide bonds. The number of nitrogens with zero attached hydrogens (tertiary/aromatic N) is 3. The minimum Gasteiger partial charge on any atom is -0.482 e. The molecule has 36 heavy (non-hydrogen) atoms. The Balaban J connectivity index is 1.48. The molecule has 186 valence electrons. The maximum Gasteiger partial charge on any atom is 0.173 e. The lowest BCUT2D eigenvalue weighted by Gasteiger charge is -2.22. The maximum absolute atomic E-state index is 14.2. The van der Waals surface area contributed by atoms with Gasteiger partial charge >= 0.3 is 0 Å². The molecule has 1 aliphatic rings. The number of hydrogen-bond donors (Lipinski definition) is 2. The highest BCUT2D eigenvalue weighted by Gasteiger charge is 2.21. The molecule has 1 atom stereocenters. The van der Waals surface area contributed by atoms with E-state index < -0.39 is 11.9 Å². The van der Waals surface area contributed by atoms with Crippen LogP contribution in [0.25, 0.3) is 11.1 Å². The molecule has 5 rings (SSSR count). The lowest BCUT2D eigenvalue weighted by atomic mass is 10.1. The number of nitrogens with one attached hydrogen (secondary N) is 2. The largest absolute Gasteiger partial charge is 0.482 e. The molecule has 0 bridgehead atoms. The van der Waals surface area contributed by atoms with Gasteiger partial charge in [0.25, 0.3) is 0 Å². The molecule has 0 saturated carbocycles. The molecule has 1 aliphatic heterocycles. The van der Waals surface area contributed by atoms with Crippen LogP contribution in [0.3, 0.4) is 0 Å². The van der Waals surface area contributed by atoms with Gasteiger partial charge in [0.1, 0.15) is 11.9 Å². The van der Waals surface area contributed by atoms with E-state index in [0.29, 0.717) is 28.2 Å². The Hall–Kier alpha value is -3.13. The van der Waals surface area contributed by atoms with Crippen LogP contribution >= 0.6 is 23.2 Å². The fourth-order valence-corrected chi connectivity index (χ4v) is 5.05. The van der Waals surface area contributed by atoms with Gasteiger partial charge in [-0.15, -0.1) is 0 Å². The average Bonchev–Trinajstić information content (AvgIpc) is 3.39. The van der Waals surface area contributed by atoms with Gasteiger partial charge in [-0.1, -0.05) is 41.4 Å².